The van der Waals surface area contributed by atoms with Gasteiger partial charge in [-0.1, -0.05) is 0 Å². The number of carboxylic acids is 1. The number of carbonyl (C=O) groups is 2. The SMILES string of the molecule is CC(=O)Nc1nc(CCc2ccc(CCC(=O)O)s2)cs1. The van der Waals surface area contributed by atoms with Crippen molar-refractivity contribution in [1.29, 1.82) is 0 Å². The van der Waals surface area contributed by atoms with Crippen LogP contribution in [0.3, 0.4) is 0 Å². The van der Waals surface area contributed by atoms with Crippen molar-refractivity contribution in [2.45, 2.75) is 32.6 Å². The number of thiazole rings is 1. The van der Waals surface area contributed by atoms with E-state index in [-0.39, 0.29) is 12.3 Å². The van der Waals surface area contributed by atoms with Crippen LogP contribution in [0.15, 0.2) is 17.5 Å². The van der Waals surface area contributed by atoms with E-state index >= 15 is 0 Å². The predicted molar refractivity (Wildman–Crippen MR) is 84.1 cm³/mol. The predicted octanol–water partition coefficient (Wildman–Crippen LogP) is 2.97. The van der Waals surface area contributed by atoms with Gasteiger partial charge in [0.15, 0.2) is 5.13 Å². The molecule has 1 amide bonds. The molecule has 0 aliphatic heterocycles. The molecule has 21 heavy (non-hydrogen) atoms. The Morgan fingerprint density at radius 3 is 2.62 bits per heavy atom. The van der Waals surface area contributed by atoms with Gasteiger partial charge in [-0.25, -0.2) is 4.98 Å². The van der Waals surface area contributed by atoms with Gasteiger partial charge in [-0.15, -0.1) is 22.7 Å². The van der Waals surface area contributed by atoms with E-state index in [1.165, 1.54) is 23.1 Å². The molecule has 5 nitrogen and oxygen atoms in total. The fraction of sp³-hybridized carbons (Fsp3) is 0.357. The molecular weight excluding hydrogens is 308 g/mol. The molecule has 0 unspecified atom stereocenters. The minimum Gasteiger partial charge on any atom is -0.481 e. The minimum atomic E-state index is -0.766. The van der Waals surface area contributed by atoms with Crippen molar-refractivity contribution in [2.24, 2.45) is 0 Å². The first kappa shape index (κ1) is 15.7. The number of nitrogens with one attached hydrogen (secondary N) is 1. The van der Waals surface area contributed by atoms with Crippen LogP contribution in [0, 0.1) is 0 Å². The lowest BCUT2D eigenvalue weighted by atomic mass is 10.2. The molecule has 112 valence electrons. The van der Waals surface area contributed by atoms with Gasteiger partial charge in [0, 0.05) is 22.1 Å². The normalized spacial score (nSPS) is 10.5. The van der Waals surface area contributed by atoms with E-state index < -0.39 is 5.97 Å². The van der Waals surface area contributed by atoms with Crippen LogP contribution in [-0.2, 0) is 28.9 Å². The summed E-state index contributed by atoms with van der Waals surface area (Å²) in [6.45, 7) is 1.46. The molecule has 0 fully saturated rings. The topological polar surface area (TPSA) is 79.3 Å². The molecule has 0 saturated carbocycles. The van der Waals surface area contributed by atoms with Crippen LogP contribution in [0.1, 0.15) is 28.8 Å². The van der Waals surface area contributed by atoms with Crippen LogP contribution in [0.4, 0.5) is 5.13 Å². The summed E-state index contributed by atoms with van der Waals surface area (Å²) in [6, 6.07) is 4.04. The zero-order chi connectivity index (χ0) is 15.2. The highest BCUT2D eigenvalue weighted by atomic mass is 32.1. The summed E-state index contributed by atoms with van der Waals surface area (Å²) in [5.74, 6) is -0.879. The Kier molecular flexibility index (Phi) is 5.46. The lowest BCUT2D eigenvalue weighted by molar-refractivity contribution is -0.136. The molecule has 2 N–H and O–H groups in total. The van der Waals surface area contributed by atoms with E-state index in [1.54, 1.807) is 11.3 Å². The number of amides is 1. The quantitative estimate of drug-likeness (QED) is 0.820. The summed E-state index contributed by atoms with van der Waals surface area (Å²) in [4.78, 5) is 28.1. The molecule has 0 aromatic carbocycles. The largest absolute Gasteiger partial charge is 0.481 e. The maximum absolute atomic E-state index is 10.9. The fourth-order valence-electron chi connectivity index (χ4n) is 1.80. The maximum atomic E-state index is 10.9. The Morgan fingerprint density at radius 2 is 1.95 bits per heavy atom. The van der Waals surface area contributed by atoms with Gasteiger partial charge in [0.05, 0.1) is 12.1 Å². The summed E-state index contributed by atoms with van der Waals surface area (Å²) >= 11 is 3.08. The average Bonchev–Trinajstić information content (AvgIpc) is 3.02. The van der Waals surface area contributed by atoms with Crippen LogP contribution in [0.25, 0.3) is 0 Å². The highest BCUT2D eigenvalue weighted by Crippen LogP contribution is 2.21. The van der Waals surface area contributed by atoms with Gasteiger partial charge in [-0.3, -0.25) is 9.59 Å². The molecular formula is C14H16N2O3S2. The second-order valence-electron chi connectivity index (χ2n) is 4.59. The van der Waals surface area contributed by atoms with Crippen molar-refractivity contribution in [3.05, 3.63) is 33.0 Å². The number of aliphatic carboxylic acids is 1. The Balaban J connectivity index is 1.84. The number of aromatic nitrogens is 1. The first-order chi connectivity index (χ1) is 10.0. The lowest BCUT2D eigenvalue weighted by Crippen LogP contribution is -2.05. The van der Waals surface area contributed by atoms with Gasteiger partial charge >= 0.3 is 5.97 Å². The van der Waals surface area contributed by atoms with Crippen molar-refractivity contribution in [2.75, 3.05) is 5.32 Å². The smallest absolute Gasteiger partial charge is 0.303 e. The Bertz CT molecular complexity index is 634. The van der Waals surface area contributed by atoms with Crippen molar-refractivity contribution in [1.82, 2.24) is 4.98 Å². The number of anilines is 1. The fourth-order valence-corrected chi connectivity index (χ4v) is 3.61. The Morgan fingerprint density at radius 1 is 1.24 bits per heavy atom. The second kappa shape index (κ2) is 7.33. The molecule has 0 spiro atoms. The number of carbonyl (C=O) groups excluding carboxylic acids is 1. The molecule has 0 bridgehead atoms. The monoisotopic (exact) mass is 324 g/mol. The van der Waals surface area contributed by atoms with Crippen LogP contribution < -0.4 is 5.32 Å². The van der Waals surface area contributed by atoms with E-state index in [2.05, 4.69) is 10.3 Å². The molecule has 2 aromatic heterocycles. The highest BCUT2D eigenvalue weighted by Gasteiger charge is 2.06. The second-order valence-corrected chi connectivity index (χ2v) is 6.70. The maximum Gasteiger partial charge on any atom is 0.303 e. The zero-order valence-electron chi connectivity index (χ0n) is 11.6. The third-order valence-electron chi connectivity index (χ3n) is 2.76. The highest BCUT2D eigenvalue weighted by molar-refractivity contribution is 7.14. The lowest BCUT2D eigenvalue weighted by Gasteiger charge is -1.96. The Labute approximate surface area is 130 Å². The van der Waals surface area contributed by atoms with Gasteiger partial charge in [0.2, 0.25) is 5.91 Å². The molecule has 0 radical (unpaired) electrons. The minimum absolute atomic E-state index is 0.114. The molecule has 0 aliphatic carbocycles. The van der Waals surface area contributed by atoms with Crippen molar-refractivity contribution < 1.29 is 14.7 Å². The zero-order valence-corrected chi connectivity index (χ0v) is 13.2. The number of rotatable bonds is 7. The first-order valence-corrected chi connectivity index (χ1v) is 8.24. The van der Waals surface area contributed by atoms with Crippen LogP contribution in [0.5, 0.6) is 0 Å². The molecule has 2 rings (SSSR count). The van der Waals surface area contributed by atoms with Gasteiger partial charge < -0.3 is 10.4 Å². The summed E-state index contributed by atoms with van der Waals surface area (Å²) in [5.41, 5.74) is 0.962. The third-order valence-corrected chi connectivity index (χ3v) is 4.78. The van der Waals surface area contributed by atoms with Gasteiger partial charge in [0.25, 0.3) is 0 Å². The van der Waals surface area contributed by atoms with E-state index in [9.17, 15) is 9.59 Å². The molecule has 2 aromatic rings. The van der Waals surface area contributed by atoms with Gasteiger partial charge in [-0.05, 0) is 31.4 Å². The summed E-state index contributed by atoms with van der Waals surface area (Å²) in [7, 11) is 0. The average molecular weight is 324 g/mol. The number of hydrogen-bond donors (Lipinski definition) is 2. The van der Waals surface area contributed by atoms with Crippen molar-refractivity contribution >= 4 is 39.7 Å². The molecule has 0 atom stereocenters. The van der Waals surface area contributed by atoms with Crippen molar-refractivity contribution in [3.8, 4) is 0 Å². The summed E-state index contributed by atoms with van der Waals surface area (Å²) in [6.07, 6.45) is 2.45. The first-order valence-electron chi connectivity index (χ1n) is 6.54. The summed E-state index contributed by atoms with van der Waals surface area (Å²) < 4.78 is 0. The van der Waals surface area contributed by atoms with E-state index in [4.69, 9.17) is 5.11 Å². The number of hydrogen-bond acceptors (Lipinski definition) is 5. The summed E-state index contributed by atoms with van der Waals surface area (Å²) in [5, 5.41) is 13.9. The van der Waals surface area contributed by atoms with Crippen LogP contribution in [0.2, 0.25) is 0 Å². The van der Waals surface area contributed by atoms with E-state index in [0.717, 1.165) is 23.4 Å². The van der Waals surface area contributed by atoms with Gasteiger partial charge in [-0.2, -0.15) is 0 Å². The molecule has 0 aliphatic rings. The molecule has 0 saturated heterocycles. The number of nitrogens with zero attached hydrogens (tertiary/aromatic N) is 1. The van der Waals surface area contributed by atoms with Crippen LogP contribution >= 0.6 is 22.7 Å². The van der Waals surface area contributed by atoms with E-state index in [0.29, 0.717) is 11.6 Å². The van der Waals surface area contributed by atoms with E-state index in [1.807, 2.05) is 17.5 Å². The third kappa shape index (κ3) is 5.28. The standard InChI is InChI=1S/C14H16N2O3S2/c1-9(17)15-14-16-10(8-20-14)2-3-11-4-5-12(21-11)6-7-13(18)19/h4-5,8H,2-3,6-7H2,1H3,(H,18,19)(H,15,16,17). The molecule has 2 heterocycles. The number of aryl methyl sites for hydroxylation is 3. The Hall–Kier alpha value is -1.73. The van der Waals surface area contributed by atoms with Gasteiger partial charge in [0.1, 0.15) is 0 Å². The molecule has 7 heteroatoms. The van der Waals surface area contributed by atoms with Crippen LogP contribution in [-0.4, -0.2) is 22.0 Å². The number of thiophene rings is 1. The van der Waals surface area contributed by atoms with Crippen molar-refractivity contribution in [3.63, 3.8) is 0 Å². The number of carboxylic acid groups (broad SMARTS) is 1.